The van der Waals surface area contributed by atoms with Crippen molar-refractivity contribution >= 4 is 38.9 Å². The number of nitriles is 2. The van der Waals surface area contributed by atoms with Gasteiger partial charge in [0.2, 0.25) is 5.91 Å². The zero-order valence-corrected chi connectivity index (χ0v) is 15.8. The topological polar surface area (TPSA) is 118 Å². The average molecular weight is 431 g/mol. The number of fused-ring (bicyclic) bond motifs is 5. The number of benzene rings is 2. The van der Waals surface area contributed by atoms with Crippen LogP contribution in [0, 0.1) is 22.7 Å². The molecule has 3 aliphatic rings. The number of para-hydroxylation sites is 2. The highest BCUT2D eigenvalue weighted by Crippen LogP contribution is 2.55. The molecule has 0 aliphatic carbocycles. The van der Waals surface area contributed by atoms with E-state index in [1.165, 1.54) is 0 Å². The number of nitrogens with zero attached hydrogens (tertiary/aromatic N) is 3. The molecule has 1 spiro atoms. The van der Waals surface area contributed by atoms with Crippen LogP contribution in [-0.4, -0.2) is 5.91 Å². The van der Waals surface area contributed by atoms with E-state index in [-0.39, 0.29) is 17.0 Å². The van der Waals surface area contributed by atoms with Gasteiger partial charge in [-0.1, -0.05) is 28.1 Å². The van der Waals surface area contributed by atoms with Crippen LogP contribution >= 0.6 is 15.9 Å². The minimum atomic E-state index is -1.60. The normalized spacial score (nSPS) is 21.5. The molecule has 0 unspecified atom stereocenters. The van der Waals surface area contributed by atoms with Gasteiger partial charge in [-0.15, -0.1) is 0 Å². The molecule has 0 saturated carbocycles. The number of nitrogens with one attached hydrogen (secondary N) is 2. The van der Waals surface area contributed by atoms with Gasteiger partial charge in [0.1, 0.15) is 23.8 Å². The maximum absolute atomic E-state index is 13.3. The fraction of sp³-hybridized carbons (Fsp3) is 0.0500. The minimum Gasteiger partial charge on any atom is -0.384 e. The van der Waals surface area contributed by atoms with Crippen molar-refractivity contribution in [2.45, 2.75) is 5.41 Å². The molecular weight excluding hydrogens is 420 g/mol. The highest BCUT2D eigenvalue weighted by Gasteiger charge is 2.59. The highest BCUT2D eigenvalue weighted by molar-refractivity contribution is 9.10. The predicted molar refractivity (Wildman–Crippen MR) is 106 cm³/mol. The molecule has 3 heterocycles. The van der Waals surface area contributed by atoms with Gasteiger partial charge in [0.05, 0.1) is 22.5 Å². The van der Waals surface area contributed by atoms with E-state index in [1.807, 2.05) is 24.3 Å². The van der Waals surface area contributed by atoms with E-state index in [9.17, 15) is 15.3 Å². The number of nitrogens with two attached hydrogens (primary N) is 1. The molecule has 4 N–H and O–H groups in total. The van der Waals surface area contributed by atoms with Crippen LogP contribution in [0.5, 0.6) is 0 Å². The molecule has 5 rings (SSSR count). The largest absolute Gasteiger partial charge is 0.384 e. The fourth-order valence-electron chi connectivity index (χ4n) is 4.16. The zero-order chi connectivity index (χ0) is 19.6. The van der Waals surface area contributed by atoms with Crippen LogP contribution in [0.15, 0.2) is 69.7 Å². The quantitative estimate of drug-likeness (QED) is 0.590. The third-order valence-corrected chi connectivity index (χ3v) is 5.80. The number of carbonyl (C=O) groups excluding carboxylic acids is 1. The molecule has 0 bridgehead atoms. The molecule has 1 atom stereocenters. The fourth-order valence-corrected chi connectivity index (χ4v) is 4.52. The van der Waals surface area contributed by atoms with Crippen molar-refractivity contribution in [3.8, 4) is 12.1 Å². The van der Waals surface area contributed by atoms with Crippen LogP contribution in [0.2, 0.25) is 0 Å². The van der Waals surface area contributed by atoms with E-state index in [0.717, 1.165) is 15.8 Å². The van der Waals surface area contributed by atoms with E-state index in [4.69, 9.17) is 5.73 Å². The Morgan fingerprint density at radius 2 is 1.79 bits per heavy atom. The van der Waals surface area contributed by atoms with Crippen molar-refractivity contribution in [2.75, 3.05) is 15.5 Å². The molecule has 0 aromatic heterocycles. The zero-order valence-electron chi connectivity index (χ0n) is 14.2. The third kappa shape index (κ3) is 1.73. The van der Waals surface area contributed by atoms with Crippen molar-refractivity contribution in [1.29, 1.82) is 10.5 Å². The lowest BCUT2D eigenvalue weighted by atomic mass is 9.68. The Kier molecular flexibility index (Phi) is 3.16. The Bertz CT molecular complexity index is 1250. The summed E-state index contributed by atoms with van der Waals surface area (Å²) in [6.07, 6.45) is 0. The summed E-state index contributed by atoms with van der Waals surface area (Å²) in [4.78, 5) is 14.9. The SMILES string of the molecule is N#CC1=C(N)N2C(=C(C#N)[C@@]13C(=O)Nc1ccc(Br)cc13)Nc1ccccc12. The molecule has 0 saturated heterocycles. The summed E-state index contributed by atoms with van der Waals surface area (Å²) in [7, 11) is 0. The van der Waals surface area contributed by atoms with Gasteiger partial charge >= 0.3 is 0 Å². The number of rotatable bonds is 0. The maximum Gasteiger partial charge on any atom is 0.245 e. The Morgan fingerprint density at radius 1 is 1.04 bits per heavy atom. The number of amides is 1. The van der Waals surface area contributed by atoms with Gasteiger partial charge in [-0.3, -0.25) is 9.69 Å². The molecule has 2 aromatic rings. The first-order valence-corrected chi connectivity index (χ1v) is 9.16. The van der Waals surface area contributed by atoms with Crippen molar-refractivity contribution < 1.29 is 4.79 Å². The van der Waals surface area contributed by atoms with Gasteiger partial charge in [0.15, 0.2) is 5.41 Å². The lowest BCUT2D eigenvalue weighted by Crippen LogP contribution is -2.47. The standard InChI is InChI=1S/C20H11BrN6O/c21-10-5-6-14-11(7-10)20(19(28)26-14)12(8-22)17(24)27-16-4-2-1-3-15(16)25-18(27)13(20)9-23/h1-7,25H,24H2,(H,26,28)/t20-/m0/s1. The van der Waals surface area contributed by atoms with E-state index >= 15 is 0 Å². The molecule has 28 heavy (non-hydrogen) atoms. The van der Waals surface area contributed by atoms with Gasteiger partial charge in [-0.05, 0) is 30.3 Å². The first-order chi connectivity index (χ1) is 13.5. The van der Waals surface area contributed by atoms with Crippen LogP contribution in [-0.2, 0) is 10.2 Å². The first-order valence-electron chi connectivity index (χ1n) is 8.37. The first kappa shape index (κ1) is 16.4. The van der Waals surface area contributed by atoms with Crippen LogP contribution in [0.4, 0.5) is 17.1 Å². The molecule has 1 amide bonds. The van der Waals surface area contributed by atoms with Crippen LogP contribution < -0.4 is 21.3 Å². The Labute approximate surface area is 168 Å². The van der Waals surface area contributed by atoms with Gasteiger partial charge in [0, 0.05) is 15.7 Å². The summed E-state index contributed by atoms with van der Waals surface area (Å²) < 4.78 is 0.727. The average Bonchev–Trinajstić information content (AvgIpc) is 3.20. The number of carbonyl (C=O) groups is 1. The molecule has 8 heteroatoms. The second-order valence-corrected chi connectivity index (χ2v) is 7.49. The Balaban J connectivity index is 1.91. The van der Waals surface area contributed by atoms with Gasteiger partial charge in [-0.25, -0.2) is 0 Å². The van der Waals surface area contributed by atoms with E-state index in [1.54, 1.807) is 23.1 Å². The monoisotopic (exact) mass is 430 g/mol. The molecule has 0 radical (unpaired) electrons. The van der Waals surface area contributed by atoms with Crippen LogP contribution in [0.1, 0.15) is 5.56 Å². The second-order valence-electron chi connectivity index (χ2n) is 6.58. The lowest BCUT2D eigenvalue weighted by Gasteiger charge is -2.36. The predicted octanol–water partition coefficient (Wildman–Crippen LogP) is 3.01. The number of halogens is 1. The summed E-state index contributed by atoms with van der Waals surface area (Å²) in [6.45, 7) is 0. The van der Waals surface area contributed by atoms with Crippen molar-refractivity contribution in [3.05, 3.63) is 75.3 Å². The maximum atomic E-state index is 13.3. The van der Waals surface area contributed by atoms with E-state index in [2.05, 4.69) is 38.7 Å². The molecule has 7 nitrogen and oxygen atoms in total. The van der Waals surface area contributed by atoms with Crippen LogP contribution in [0.3, 0.4) is 0 Å². The summed E-state index contributed by atoms with van der Waals surface area (Å²) in [5.74, 6) is 0.0432. The highest BCUT2D eigenvalue weighted by atomic mass is 79.9. The van der Waals surface area contributed by atoms with Gasteiger partial charge in [0.25, 0.3) is 0 Å². The van der Waals surface area contributed by atoms with Crippen molar-refractivity contribution in [3.63, 3.8) is 0 Å². The lowest BCUT2D eigenvalue weighted by molar-refractivity contribution is -0.118. The summed E-state index contributed by atoms with van der Waals surface area (Å²) >= 11 is 3.42. The molecule has 0 fully saturated rings. The summed E-state index contributed by atoms with van der Waals surface area (Å²) in [6, 6.07) is 16.9. The smallest absolute Gasteiger partial charge is 0.245 e. The number of hydrogen-bond donors (Lipinski definition) is 3. The molecule has 3 aliphatic heterocycles. The minimum absolute atomic E-state index is 0.0284. The summed E-state index contributed by atoms with van der Waals surface area (Å²) in [5.41, 5.74) is 7.51. The van der Waals surface area contributed by atoms with Gasteiger partial charge in [-0.2, -0.15) is 10.5 Å². The third-order valence-electron chi connectivity index (χ3n) is 5.30. The Hall–Kier alpha value is -3.75. The van der Waals surface area contributed by atoms with E-state index < -0.39 is 11.3 Å². The number of anilines is 3. The van der Waals surface area contributed by atoms with Gasteiger partial charge < -0.3 is 16.4 Å². The number of hydrogen-bond acceptors (Lipinski definition) is 6. The van der Waals surface area contributed by atoms with E-state index in [0.29, 0.717) is 17.1 Å². The molecular formula is C20H11BrN6O. The summed E-state index contributed by atoms with van der Waals surface area (Å²) in [5, 5.41) is 26.1. The van der Waals surface area contributed by atoms with Crippen molar-refractivity contribution in [1.82, 2.24) is 0 Å². The van der Waals surface area contributed by atoms with Crippen LogP contribution in [0.25, 0.3) is 0 Å². The Morgan fingerprint density at radius 3 is 2.54 bits per heavy atom. The van der Waals surface area contributed by atoms with Crippen molar-refractivity contribution in [2.24, 2.45) is 5.73 Å². The second kappa shape index (κ2) is 5.38. The molecule has 2 aromatic carbocycles. The molecule has 134 valence electrons.